The van der Waals surface area contributed by atoms with Gasteiger partial charge < -0.3 is 29.5 Å². The maximum absolute atomic E-state index is 13.7. The Hall–Kier alpha value is -3.35. The van der Waals surface area contributed by atoms with Crippen molar-refractivity contribution in [2.24, 2.45) is 11.8 Å². The highest BCUT2D eigenvalue weighted by Gasteiger charge is 2.42. The fraction of sp³-hybridized carbons (Fsp3) is 0.655. The summed E-state index contributed by atoms with van der Waals surface area (Å²) in [7, 11) is 0. The number of hydrogen-bond acceptors (Lipinski definition) is 8. The summed E-state index contributed by atoms with van der Waals surface area (Å²) in [6, 6.07) is 3.04. The van der Waals surface area contributed by atoms with E-state index in [9.17, 15) is 27.9 Å². The number of oxazole rings is 1. The lowest BCUT2D eigenvalue weighted by molar-refractivity contribution is -0.143. The number of piperidine rings is 1. The second kappa shape index (κ2) is 12.9. The average Bonchev–Trinajstić information content (AvgIpc) is 3.31. The summed E-state index contributed by atoms with van der Waals surface area (Å²) in [6.07, 6.45) is 3.05. The van der Waals surface area contributed by atoms with Crippen LogP contribution in [0.15, 0.2) is 22.7 Å². The number of anilines is 3. The molecule has 5 rings (SSSR count). The minimum atomic E-state index is -4.85. The highest BCUT2D eigenvalue weighted by Crippen LogP contribution is 2.35. The zero-order valence-electron chi connectivity index (χ0n) is 23.9. The van der Waals surface area contributed by atoms with Gasteiger partial charge in [0.25, 0.3) is 17.8 Å². The van der Waals surface area contributed by atoms with Gasteiger partial charge in [-0.05, 0) is 56.1 Å². The van der Waals surface area contributed by atoms with Crippen LogP contribution < -0.4 is 15.1 Å². The first-order valence-corrected chi connectivity index (χ1v) is 14.9. The first kappa shape index (κ1) is 30.1. The van der Waals surface area contributed by atoms with Crippen LogP contribution in [0.1, 0.15) is 74.5 Å². The van der Waals surface area contributed by atoms with Crippen LogP contribution in [0.5, 0.6) is 0 Å². The molecule has 1 unspecified atom stereocenters. The number of nitrogens with one attached hydrogen (secondary N) is 1. The summed E-state index contributed by atoms with van der Waals surface area (Å²) in [4.78, 5) is 39.3. The molecule has 0 radical (unpaired) electrons. The first-order chi connectivity index (χ1) is 20.1. The number of carbonyl (C=O) groups is 2. The smallest absolute Gasteiger partial charge is 0.417 e. The Morgan fingerprint density at radius 3 is 2.45 bits per heavy atom. The van der Waals surface area contributed by atoms with E-state index in [4.69, 9.17) is 4.42 Å². The van der Waals surface area contributed by atoms with E-state index in [2.05, 4.69) is 15.3 Å². The number of aromatic nitrogens is 2. The number of pyridine rings is 1. The summed E-state index contributed by atoms with van der Waals surface area (Å²) in [6.45, 7) is 5.19. The lowest BCUT2D eigenvalue weighted by atomic mass is 9.85. The molecule has 0 spiro atoms. The number of hydrogen-bond donors (Lipinski definition) is 2. The number of amides is 2. The Balaban J connectivity index is 1.21. The molecule has 2 saturated heterocycles. The number of aliphatic hydroxyl groups is 1. The Morgan fingerprint density at radius 2 is 1.76 bits per heavy atom. The second-order valence-corrected chi connectivity index (χ2v) is 11.7. The van der Waals surface area contributed by atoms with E-state index >= 15 is 0 Å². The molecule has 1 aliphatic carbocycles. The largest absolute Gasteiger partial charge is 0.437 e. The van der Waals surface area contributed by atoms with Gasteiger partial charge in [-0.25, -0.2) is 4.98 Å². The van der Waals surface area contributed by atoms with Crippen molar-refractivity contribution in [3.8, 4) is 0 Å². The van der Waals surface area contributed by atoms with Crippen molar-refractivity contribution < 1.29 is 32.3 Å². The quantitative estimate of drug-likeness (QED) is 0.502. The maximum atomic E-state index is 13.7. The minimum absolute atomic E-state index is 0.0271. The summed E-state index contributed by atoms with van der Waals surface area (Å²) in [5, 5.41) is 13.1. The van der Waals surface area contributed by atoms with E-state index in [1.54, 1.807) is 21.9 Å². The molecule has 230 valence electrons. The predicted octanol–water partition coefficient (Wildman–Crippen LogP) is 4.56. The van der Waals surface area contributed by atoms with Crippen LogP contribution in [-0.4, -0.2) is 77.2 Å². The summed E-state index contributed by atoms with van der Waals surface area (Å²) < 4.78 is 46.6. The third kappa shape index (κ3) is 6.99. The normalized spacial score (nSPS) is 21.6. The van der Waals surface area contributed by atoms with E-state index in [-0.39, 0.29) is 29.4 Å². The Bertz CT molecular complexity index is 1230. The van der Waals surface area contributed by atoms with Crippen LogP contribution >= 0.6 is 0 Å². The zero-order valence-corrected chi connectivity index (χ0v) is 23.9. The maximum Gasteiger partial charge on any atom is 0.437 e. The highest BCUT2D eigenvalue weighted by atomic mass is 19.4. The molecule has 42 heavy (non-hydrogen) atoms. The van der Waals surface area contributed by atoms with Crippen molar-refractivity contribution >= 4 is 29.3 Å². The van der Waals surface area contributed by atoms with Crippen molar-refractivity contribution in [1.82, 2.24) is 14.9 Å². The lowest BCUT2D eigenvalue weighted by Gasteiger charge is -2.30. The van der Waals surface area contributed by atoms with E-state index in [1.165, 1.54) is 6.20 Å². The SMILES string of the molecule is CC1CCCN(c2nc(C(F)(F)F)c(C(=O)Nc3ccc(N4CCCN(C(=O)[C@H](O)C5CCCCC5)CC4)nc3)o2)C1. The van der Waals surface area contributed by atoms with Crippen LogP contribution in [0.3, 0.4) is 0 Å². The number of alkyl halides is 3. The number of carbonyl (C=O) groups excluding carboxylic acids is 2. The fourth-order valence-corrected chi connectivity index (χ4v) is 6.19. The van der Waals surface area contributed by atoms with Gasteiger partial charge in [-0.2, -0.15) is 18.2 Å². The number of nitrogens with zero attached hydrogens (tertiary/aromatic N) is 5. The van der Waals surface area contributed by atoms with Gasteiger partial charge in [-0.3, -0.25) is 9.59 Å². The van der Waals surface area contributed by atoms with Crippen LogP contribution in [0.2, 0.25) is 0 Å². The second-order valence-electron chi connectivity index (χ2n) is 11.7. The molecule has 2 aromatic heterocycles. The molecule has 3 fully saturated rings. The minimum Gasteiger partial charge on any atom is -0.417 e. The molecule has 2 atom stereocenters. The number of halogens is 3. The third-order valence-electron chi connectivity index (χ3n) is 8.50. The standard InChI is InChI=1S/C29H39F3N6O4/c1-19-7-5-12-38(18-19)28-35-25(29(30,31)32)24(42-28)26(40)34-21-10-11-22(33-17-21)36-13-6-14-37(16-15-36)27(41)23(39)20-8-3-2-4-9-20/h10-11,17,19-20,23,39H,2-9,12-16,18H2,1H3,(H,34,40)/t19?,23-/m1/s1. The van der Waals surface area contributed by atoms with Crippen molar-refractivity contribution in [2.75, 3.05) is 54.4 Å². The molecule has 1 saturated carbocycles. The van der Waals surface area contributed by atoms with Crippen molar-refractivity contribution in [2.45, 2.75) is 70.6 Å². The van der Waals surface area contributed by atoms with Gasteiger partial charge in [-0.1, -0.05) is 26.2 Å². The lowest BCUT2D eigenvalue weighted by Crippen LogP contribution is -2.44. The summed E-state index contributed by atoms with van der Waals surface area (Å²) >= 11 is 0. The Morgan fingerprint density at radius 1 is 1.00 bits per heavy atom. The van der Waals surface area contributed by atoms with Gasteiger partial charge in [0.2, 0.25) is 5.76 Å². The number of rotatable bonds is 6. The predicted molar refractivity (Wildman–Crippen MR) is 150 cm³/mol. The third-order valence-corrected chi connectivity index (χ3v) is 8.50. The molecular weight excluding hydrogens is 553 g/mol. The Kier molecular flexibility index (Phi) is 9.24. The first-order valence-electron chi connectivity index (χ1n) is 14.9. The molecule has 2 aromatic rings. The monoisotopic (exact) mass is 592 g/mol. The van der Waals surface area contributed by atoms with Gasteiger partial charge in [0.05, 0.1) is 11.9 Å². The molecule has 13 heteroatoms. The van der Waals surface area contributed by atoms with E-state index in [1.807, 2.05) is 11.8 Å². The van der Waals surface area contributed by atoms with Gasteiger partial charge >= 0.3 is 6.18 Å². The highest BCUT2D eigenvalue weighted by molar-refractivity contribution is 6.03. The van der Waals surface area contributed by atoms with E-state index in [0.717, 1.165) is 44.9 Å². The molecule has 4 heterocycles. The zero-order chi connectivity index (χ0) is 29.9. The molecule has 2 N–H and O–H groups in total. The van der Waals surface area contributed by atoms with E-state index in [0.29, 0.717) is 51.5 Å². The van der Waals surface area contributed by atoms with Crippen LogP contribution in [0.25, 0.3) is 0 Å². The summed E-state index contributed by atoms with van der Waals surface area (Å²) in [5.74, 6) is -1.22. The molecule has 0 bridgehead atoms. The van der Waals surface area contributed by atoms with Crippen molar-refractivity contribution in [3.05, 3.63) is 29.8 Å². The number of aliphatic hydroxyl groups excluding tert-OH is 1. The molecule has 3 aliphatic rings. The van der Waals surface area contributed by atoms with Gasteiger partial charge in [0.15, 0.2) is 5.69 Å². The Labute approximate surface area is 243 Å². The van der Waals surface area contributed by atoms with Crippen LogP contribution in [0.4, 0.5) is 30.7 Å². The fourth-order valence-electron chi connectivity index (χ4n) is 6.19. The molecule has 2 amide bonds. The molecule has 10 nitrogen and oxygen atoms in total. The van der Waals surface area contributed by atoms with Crippen LogP contribution in [-0.2, 0) is 11.0 Å². The van der Waals surface area contributed by atoms with Crippen LogP contribution in [0, 0.1) is 11.8 Å². The van der Waals surface area contributed by atoms with Gasteiger partial charge in [0, 0.05) is 39.3 Å². The molecular formula is C29H39F3N6O4. The average molecular weight is 593 g/mol. The molecule has 0 aromatic carbocycles. The summed E-state index contributed by atoms with van der Waals surface area (Å²) in [5.41, 5.74) is -1.14. The van der Waals surface area contributed by atoms with E-state index < -0.39 is 29.6 Å². The van der Waals surface area contributed by atoms with Gasteiger partial charge in [0.1, 0.15) is 11.9 Å². The molecule has 2 aliphatic heterocycles. The van der Waals surface area contributed by atoms with Crippen molar-refractivity contribution in [3.63, 3.8) is 0 Å². The van der Waals surface area contributed by atoms with Gasteiger partial charge in [-0.15, -0.1) is 0 Å². The van der Waals surface area contributed by atoms with Crippen molar-refractivity contribution in [1.29, 1.82) is 0 Å². The topological polar surface area (TPSA) is 115 Å².